The summed E-state index contributed by atoms with van der Waals surface area (Å²) in [5, 5.41) is 0.145. The first-order valence-corrected chi connectivity index (χ1v) is 12.9. The zero-order valence-electron chi connectivity index (χ0n) is 13.5. The Morgan fingerprint density at radius 2 is 1.39 bits per heavy atom. The van der Waals surface area contributed by atoms with E-state index in [4.69, 9.17) is 10.8 Å². The van der Waals surface area contributed by atoms with E-state index in [0.717, 1.165) is 0 Å². The molecule has 0 aliphatic rings. The average Bonchev–Trinajstić information content (AvgIpc) is 2.11. The first kappa shape index (κ1) is 17.5. The van der Waals surface area contributed by atoms with Crippen LogP contribution in [0, 0.1) is 23.8 Å². The van der Waals surface area contributed by atoms with Crippen molar-refractivity contribution < 1.29 is 4.43 Å². The molecule has 1 nitrogen and oxygen atoms in total. The lowest BCUT2D eigenvalue weighted by molar-refractivity contribution is 0.190. The smallest absolute Gasteiger partial charge is 0.195 e. The molecule has 0 aromatic rings. The van der Waals surface area contributed by atoms with Gasteiger partial charge < -0.3 is 4.43 Å². The van der Waals surface area contributed by atoms with Crippen molar-refractivity contribution >= 4 is 16.4 Å². The molecule has 0 aromatic carbocycles. The first-order chi connectivity index (χ1) is 7.72. The molecule has 18 heavy (non-hydrogen) atoms. The Morgan fingerprint density at radius 3 is 1.67 bits per heavy atom. The van der Waals surface area contributed by atoms with Gasteiger partial charge in [0.05, 0.1) is 0 Å². The van der Waals surface area contributed by atoms with Crippen LogP contribution in [-0.4, -0.2) is 22.0 Å². The SMILES string of the molecule is C#CC(C)(C#C[Si](C)(C)C)O[Si](C)(C)C(C)(C)C. The summed E-state index contributed by atoms with van der Waals surface area (Å²) in [6.45, 7) is 19.6. The fraction of sp³-hybridized carbons (Fsp3) is 0.733. The monoisotopic (exact) mass is 280 g/mol. The lowest BCUT2D eigenvalue weighted by Gasteiger charge is -2.40. The van der Waals surface area contributed by atoms with Crippen LogP contribution in [0.1, 0.15) is 27.7 Å². The highest BCUT2D eigenvalue weighted by molar-refractivity contribution is 6.83. The van der Waals surface area contributed by atoms with Crippen molar-refractivity contribution in [2.75, 3.05) is 0 Å². The summed E-state index contributed by atoms with van der Waals surface area (Å²) in [6.07, 6.45) is 5.65. The van der Waals surface area contributed by atoms with E-state index in [1.54, 1.807) is 0 Å². The van der Waals surface area contributed by atoms with Gasteiger partial charge in [0, 0.05) is 0 Å². The molecule has 0 aliphatic heterocycles. The van der Waals surface area contributed by atoms with Crippen LogP contribution >= 0.6 is 0 Å². The van der Waals surface area contributed by atoms with Crippen molar-refractivity contribution in [1.82, 2.24) is 0 Å². The van der Waals surface area contributed by atoms with E-state index in [9.17, 15) is 0 Å². The number of terminal acetylenes is 1. The quantitative estimate of drug-likeness (QED) is 0.542. The van der Waals surface area contributed by atoms with Gasteiger partial charge in [0.25, 0.3) is 0 Å². The van der Waals surface area contributed by atoms with Crippen molar-refractivity contribution in [3.8, 4) is 23.8 Å². The molecule has 0 bridgehead atoms. The minimum Gasteiger partial charge on any atom is -0.392 e. The van der Waals surface area contributed by atoms with E-state index < -0.39 is 22.0 Å². The standard InChI is InChI=1S/C15H28OSi2/c1-11-15(5,12-13-17(6,7)8)16-18(9,10)14(2,3)4/h1H,2-10H3. The highest BCUT2D eigenvalue weighted by Crippen LogP contribution is 2.38. The number of hydrogen-bond donors (Lipinski definition) is 0. The first-order valence-electron chi connectivity index (χ1n) is 6.45. The van der Waals surface area contributed by atoms with Crippen LogP contribution in [0.25, 0.3) is 0 Å². The van der Waals surface area contributed by atoms with Crippen molar-refractivity contribution in [3.05, 3.63) is 0 Å². The van der Waals surface area contributed by atoms with E-state index in [-0.39, 0.29) is 5.04 Å². The topological polar surface area (TPSA) is 9.23 Å². The van der Waals surface area contributed by atoms with Crippen LogP contribution in [-0.2, 0) is 4.43 Å². The normalized spacial score (nSPS) is 16.2. The Kier molecular flexibility index (Phi) is 5.11. The van der Waals surface area contributed by atoms with Gasteiger partial charge in [-0.15, -0.1) is 12.0 Å². The van der Waals surface area contributed by atoms with Crippen LogP contribution in [0.4, 0.5) is 0 Å². The molecule has 1 unspecified atom stereocenters. The zero-order valence-corrected chi connectivity index (χ0v) is 15.5. The molecule has 0 radical (unpaired) electrons. The molecule has 0 spiro atoms. The Hall–Kier alpha value is -0.486. The minimum absolute atomic E-state index is 0.145. The lowest BCUT2D eigenvalue weighted by atomic mass is 10.1. The van der Waals surface area contributed by atoms with E-state index in [1.807, 2.05) is 6.92 Å². The van der Waals surface area contributed by atoms with Crippen molar-refractivity contribution in [3.63, 3.8) is 0 Å². The number of rotatable bonds is 2. The second-order valence-corrected chi connectivity index (χ2v) is 17.0. The Bertz CT molecular complexity index is 393. The fourth-order valence-corrected chi connectivity index (χ4v) is 3.11. The summed E-state index contributed by atoms with van der Waals surface area (Å²) in [7, 11) is -3.31. The minimum atomic E-state index is -1.89. The highest BCUT2D eigenvalue weighted by Gasteiger charge is 2.42. The van der Waals surface area contributed by atoms with Gasteiger partial charge in [-0.2, -0.15) is 0 Å². The predicted octanol–water partition coefficient (Wildman–Crippen LogP) is 4.28. The van der Waals surface area contributed by atoms with Crippen LogP contribution in [0.15, 0.2) is 0 Å². The molecular weight excluding hydrogens is 252 g/mol. The van der Waals surface area contributed by atoms with Gasteiger partial charge in [-0.1, -0.05) is 52.3 Å². The van der Waals surface area contributed by atoms with Crippen molar-refractivity contribution in [2.45, 2.75) is 71.1 Å². The largest absolute Gasteiger partial charge is 0.392 e. The molecule has 0 saturated carbocycles. The summed E-state index contributed by atoms with van der Waals surface area (Å²) in [6, 6.07) is 0. The summed E-state index contributed by atoms with van der Waals surface area (Å²) in [5.41, 5.74) is 2.58. The molecule has 0 fully saturated rings. The van der Waals surface area contributed by atoms with E-state index in [1.165, 1.54) is 0 Å². The van der Waals surface area contributed by atoms with Crippen LogP contribution in [0.5, 0.6) is 0 Å². The maximum Gasteiger partial charge on any atom is 0.195 e. The predicted molar refractivity (Wildman–Crippen MR) is 86.6 cm³/mol. The number of hydrogen-bond acceptors (Lipinski definition) is 1. The lowest BCUT2D eigenvalue weighted by Crippen LogP contribution is -2.47. The molecule has 0 N–H and O–H groups in total. The van der Waals surface area contributed by atoms with Crippen LogP contribution in [0.3, 0.4) is 0 Å². The van der Waals surface area contributed by atoms with Gasteiger partial charge in [-0.3, -0.25) is 0 Å². The van der Waals surface area contributed by atoms with E-state index >= 15 is 0 Å². The Labute approximate surface area is 116 Å². The summed E-state index contributed by atoms with van der Waals surface area (Å²) in [5.74, 6) is 5.94. The third kappa shape index (κ3) is 5.44. The van der Waals surface area contributed by atoms with Gasteiger partial charge in [0.2, 0.25) is 0 Å². The summed E-state index contributed by atoms with van der Waals surface area (Å²) in [4.78, 5) is 0. The summed E-state index contributed by atoms with van der Waals surface area (Å²) >= 11 is 0. The molecule has 1 atom stereocenters. The fourth-order valence-electron chi connectivity index (χ4n) is 1.06. The van der Waals surface area contributed by atoms with Gasteiger partial charge in [0.1, 0.15) is 8.07 Å². The third-order valence-corrected chi connectivity index (χ3v) is 8.62. The second kappa shape index (κ2) is 5.25. The molecule has 0 amide bonds. The Balaban J connectivity index is 5.24. The maximum atomic E-state index is 6.29. The van der Waals surface area contributed by atoms with Crippen LogP contribution < -0.4 is 0 Å². The molecule has 0 aliphatic carbocycles. The van der Waals surface area contributed by atoms with Crippen LogP contribution in [0.2, 0.25) is 37.8 Å². The zero-order chi connectivity index (χ0) is 14.8. The average molecular weight is 281 g/mol. The van der Waals surface area contributed by atoms with Gasteiger partial charge in [-0.25, -0.2) is 0 Å². The molecule has 3 heteroatoms. The molecule has 102 valence electrons. The highest BCUT2D eigenvalue weighted by atomic mass is 28.4. The molecular formula is C15H28OSi2. The van der Waals surface area contributed by atoms with Crippen molar-refractivity contribution in [1.29, 1.82) is 0 Å². The molecule has 0 aromatic heterocycles. The van der Waals surface area contributed by atoms with Gasteiger partial charge in [0.15, 0.2) is 13.9 Å². The molecule has 0 heterocycles. The molecule has 0 saturated heterocycles. The van der Waals surface area contributed by atoms with Gasteiger partial charge in [-0.05, 0) is 25.1 Å². The van der Waals surface area contributed by atoms with Crippen molar-refractivity contribution in [2.24, 2.45) is 0 Å². The van der Waals surface area contributed by atoms with Gasteiger partial charge >= 0.3 is 0 Å². The summed E-state index contributed by atoms with van der Waals surface area (Å²) < 4.78 is 6.29. The Morgan fingerprint density at radius 1 is 0.944 bits per heavy atom. The second-order valence-electron chi connectivity index (χ2n) is 7.54. The third-order valence-electron chi connectivity index (χ3n) is 3.22. The maximum absolute atomic E-state index is 6.29. The van der Waals surface area contributed by atoms with E-state index in [0.29, 0.717) is 0 Å². The van der Waals surface area contributed by atoms with E-state index in [2.05, 4.69) is 70.9 Å². The molecule has 0 rings (SSSR count).